The molecule has 0 aliphatic carbocycles. The number of nitrogens with zero attached hydrogens (tertiary/aromatic N) is 2. The van der Waals surface area contributed by atoms with Crippen molar-refractivity contribution in [1.29, 1.82) is 5.26 Å². The first kappa shape index (κ1) is 16.6. The summed E-state index contributed by atoms with van der Waals surface area (Å²) in [6.07, 6.45) is -10.7. The Morgan fingerprint density at radius 3 is 2.20 bits per heavy atom. The fourth-order valence-electron chi connectivity index (χ4n) is 1.34. The van der Waals surface area contributed by atoms with Crippen molar-refractivity contribution in [3.05, 3.63) is 23.0 Å². The van der Waals surface area contributed by atoms with Gasteiger partial charge in [-0.05, 0) is 6.07 Å². The summed E-state index contributed by atoms with van der Waals surface area (Å²) in [7, 11) is 0. The molecule has 0 radical (unpaired) electrons. The number of hydrogen-bond acceptors (Lipinski definition) is 3. The molecule has 1 aromatic rings. The predicted molar refractivity (Wildman–Crippen MR) is 57.9 cm³/mol. The summed E-state index contributed by atoms with van der Waals surface area (Å²) in [5.41, 5.74) is -2.38. The van der Waals surface area contributed by atoms with E-state index in [2.05, 4.69) is 25.7 Å². The molecule has 1 rings (SSSR count). The minimum absolute atomic E-state index is 0.198. The second-order valence-electron chi connectivity index (χ2n) is 3.44. The number of halogens is 7. The SMILES string of the molecule is N#CCc1nc(CBr)c(C(F)(F)F)cc1OC(F)(F)F. The molecule has 0 aliphatic rings. The second kappa shape index (κ2) is 5.87. The fourth-order valence-corrected chi connectivity index (χ4v) is 1.77. The lowest BCUT2D eigenvalue weighted by molar-refractivity contribution is -0.275. The van der Waals surface area contributed by atoms with Crippen molar-refractivity contribution < 1.29 is 31.1 Å². The average Bonchev–Trinajstić information content (AvgIpc) is 2.27. The van der Waals surface area contributed by atoms with Gasteiger partial charge in [-0.3, -0.25) is 4.98 Å². The lowest BCUT2D eigenvalue weighted by Crippen LogP contribution is -2.20. The van der Waals surface area contributed by atoms with Gasteiger partial charge in [0.1, 0.15) is 0 Å². The Balaban J connectivity index is 3.43. The summed E-state index contributed by atoms with van der Waals surface area (Å²) in [6, 6.07) is 1.71. The van der Waals surface area contributed by atoms with Gasteiger partial charge in [-0.15, -0.1) is 13.2 Å². The highest BCUT2D eigenvalue weighted by atomic mass is 79.9. The highest BCUT2D eigenvalue weighted by Gasteiger charge is 2.38. The minimum atomic E-state index is -5.18. The van der Waals surface area contributed by atoms with Crippen LogP contribution in [0.3, 0.4) is 0 Å². The molecule has 0 aromatic carbocycles. The number of ether oxygens (including phenoxy) is 1. The van der Waals surface area contributed by atoms with E-state index >= 15 is 0 Å². The summed E-state index contributed by atoms with van der Waals surface area (Å²) < 4.78 is 78.0. The Labute approximate surface area is 117 Å². The lowest BCUT2D eigenvalue weighted by atomic mass is 10.1. The monoisotopic (exact) mass is 362 g/mol. The number of hydrogen-bond donors (Lipinski definition) is 0. The molecule has 3 nitrogen and oxygen atoms in total. The summed E-state index contributed by atoms with van der Waals surface area (Å²) >= 11 is 2.76. The third-order valence-corrected chi connectivity index (χ3v) is 2.58. The van der Waals surface area contributed by atoms with E-state index in [0.29, 0.717) is 0 Å². The maximum atomic E-state index is 12.7. The van der Waals surface area contributed by atoms with Gasteiger partial charge in [0.15, 0.2) is 5.75 Å². The van der Waals surface area contributed by atoms with Crippen LogP contribution < -0.4 is 4.74 Å². The standard InChI is InChI=1S/C10H5BrF6N2O/c11-4-7-5(9(12,13)14)3-8(20-10(15,16)17)6(19-7)1-2-18/h3H,1,4H2. The van der Waals surface area contributed by atoms with Gasteiger partial charge in [0.2, 0.25) is 0 Å². The number of pyridine rings is 1. The van der Waals surface area contributed by atoms with Crippen molar-refractivity contribution >= 4 is 15.9 Å². The summed E-state index contributed by atoms with van der Waals surface area (Å²) in [4.78, 5) is 3.42. The molecule has 0 unspecified atom stereocenters. The molecule has 0 saturated carbocycles. The van der Waals surface area contributed by atoms with Crippen LogP contribution in [0.15, 0.2) is 6.07 Å². The Morgan fingerprint density at radius 1 is 1.20 bits per heavy atom. The summed E-state index contributed by atoms with van der Waals surface area (Å²) in [5.74, 6) is -1.13. The predicted octanol–water partition coefficient (Wildman–Crippen LogP) is 3.96. The van der Waals surface area contributed by atoms with E-state index < -0.39 is 41.7 Å². The van der Waals surface area contributed by atoms with Crippen molar-refractivity contribution in [2.45, 2.75) is 24.3 Å². The quantitative estimate of drug-likeness (QED) is 0.603. The van der Waals surface area contributed by atoms with Crippen molar-refractivity contribution in [3.63, 3.8) is 0 Å². The maximum Gasteiger partial charge on any atom is 0.573 e. The lowest BCUT2D eigenvalue weighted by Gasteiger charge is -2.16. The second-order valence-corrected chi connectivity index (χ2v) is 4.00. The molecule has 110 valence electrons. The Kier molecular flexibility index (Phi) is 4.86. The van der Waals surface area contributed by atoms with Gasteiger partial charge in [0.05, 0.1) is 29.4 Å². The molecule has 0 saturated heterocycles. The largest absolute Gasteiger partial charge is 0.573 e. The van der Waals surface area contributed by atoms with Crippen LogP contribution in [0.1, 0.15) is 17.0 Å². The van der Waals surface area contributed by atoms with Gasteiger partial charge < -0.3 is 4.74 Å². The molecule has 0 bridgehead atoms. The van der Waals surface area contributed by atoms with Gasteiger partial charge in [0, 0.05) is 5.33 Å². The van der Waals surface area contributed by atoms with Crippen LogP contribution in [-0.2, 0) is 17.9 Å². The molecule has 1 heterocycles. The van der Waals surface area contributed by atoms with Gasteiger partial charge in [-0.2, -0.15) is 18.4 Å². The first-order valence-electron chi connectivity index (χ1n) is 4.87. The zero-order chi connectivity index (χ0) is 15.6. The van der Waals surface area contributed by atoms with Gasteiger partial charge in [0.25, 0.3) is 0 Å². The zero-order valence-electron chi connectivity index (χ0n) is 9.44. The third kappa shape index (κ3) is 4.26. The molecule has 1 aromatic heterocycles. The number of alkyl halides is 7. The van der Waals surface area contributed by atoms with Gasteiger partial charge in [-0.1, -0.05) is 15.9 Å². The van der Waals surface area contributed by atoms with Crippen molar-refractivity contribution in [1.82, 2.24) is 4.98 Å². The third-order valence-electron chi connectivity index (χ3n) is 2.04. The Bertz CT molecular complexity index is 534. The van der Waals surface area contributed by atoms with Crippen molar-refractivity contribution in [2.75, 3.05) is 0 Å². The molecule has 0 aliphatic heterocycles. The molecular weight excluding hydrogens is 358 g/mol. The molecule has 0 spiro atoms. The van der Waals surface area contributed by atoms with E-state index in [0.717, 1.165) is 0 Å². The zero-order valence-corrected chi connectivity index (χ0v) is 11.0. The minimum Gasteiger partial charge on any atom is -0.404 e. The smallest absolute Gasteiger partial charge is 0.404 e. The van der Waals surface area contributed by atoms with Crippen LogP contribution in [0.2, 0.25) is 0 Å². The van der Waals surface area contributed by atoms with Crippen LogP contribution >= 0.6 is 15.9 Å². The van der Waals surface area contributed by atoms with E-state index in [9.17, 15) is 26.3 Å². The van der Waals surface area contributed by atoms with E-state index in [1.807, 2.05) is 0 Å². The Morgan fingerprint density at radius 2 is 1.80 bits per heavy atom. The van der Waals surface area contributed by atoms with E-state index in [4.69, 9.17) is 5.26 Å². The van der Waals surface area contributed by atoms with Crippen LogP contribution in [0.5, 0.6) is 5.75 Å². The van der Waals surface area contributed by atoms with Crippen LogP contribution in [-0.4, -0.2) is 11.3 Å². The van der Waals surface area contributed by atoms with Gasteiger partial charge in [-0.25, -0.2) is 0 Å². The fraction of sp³-hybridized carbons (Fsp3) is 0.400. The molecule has 0 amide bonds. The van der Waals surface area contributed by atoms with Crippen LogP contribution in [0, 0.1) is 11.3 Å². The van der Waals surface area contributed by atoms with Crippen LogP contribution in [0.25, 0.3) is 0 Å². The highest BCUT2D eigenvalue weighted by Crippen LogP contribution is 2.37. The van der Waals surface area contributed by atoms with E-state index in [1.54, 1.807) is 0 Å². The average molecular weight is 363 g/mol. The molecule has 0 N–H and O–H groups in total. The molecule has 20 heavy (non-hydrogen) atoms. The summed E-state index contributed by atoms with van der Waals surface area (Å²) in [5, 5.41) is 8.15. The molecular formula is C10H5BrF6N2O. The van der Waals surface area contributed by atoms with Crippen molar-refractivity contribution in [2.24, 2.45) is 0 Å². The Hall–Kier alpha value is -1.50. The number of rotatable bonds is 3. The first-order chi connectivity index (χ1) is 9.08. The highest BCUT2D eigenvalue weighted by molar-refractivity contribution is 9.08. The van der Waals surface area contributed by atoms with Gasteiger partial charge >= 0.3 is 12.5 Å². The number of nitriles is 1. The first-order valence-corrected chi connectivity index (χ1v) is 5.99. The molecule has 0 fully saturated rings. The number of aromatic nitrogens is 1. The topological polar surface area (TPSA) is 45.9 Å². The van der Waals surface area contributed by atoms with E-state index in [1.165, 1.54) is 6.07 Å². The van der Waals surface area contributed by atoms with Crippen molar-refractivity contribution in [3.8, 4) is 11.8 Å². The molecule has 10 heteroatoms. The summed E-state index contributed by atoms with van der Waals surface area (Å²) in [6.45, 7) is 0. The van der Waals surface area contributed by atoms with Crippen LogP contribution in [0.4, 0.5) is 26.3 Å². The van der Waals surface area contributed by atoms with E-state index in [-0.39, 0.29) is 11.4 Å². The normalized spacial score (nSPS) is 12.1. The maximum absolute atomic E-state index is 12.7. The molecule has 0 atom stereocenters.